The molecular formula is C10H15NO2S. The van der Waals surface area contributed by atoms with Gasteiger partial charge in [0.2, 0.25) is 0 Å². The van der Waals surface area contributed by atoms with E-state index >= 15 is 0 Å². The van der Waals surface area contributed by atoms with Gasteiger partial charge in [-0.1, -0.05) is 20.8 Å². The third-order valence-corrected chi connectivity index (χ3v) is 4.01. The van der Waals surface area contributed by atoms with E-state index in [9.17, 15) is 4.79 Å². The summed E-state index contributed by atoms with van der Waals surface area (Å²) in [4.78, 5) is 12.1. The summed E-state index contributed by atoms with van der Waals surface area (Å²) in [6.07, 6.45) is 0.964. The molecule has 0 amide bonds. The molecule has 0 fully saturated rings. The zero-order chi connectivity index (χ0) is 10.9. The zero-order valence-corrected chi connectivity index (χ0v) is 9.44. The van der Waals surface area contributed by atoms with E-state index in [-0.39, 0.29) is 10.3 Å². The molecule has 0 saturated heterocycles. The SMILES string of the molecule is CCC(C)(C)c1cc(N)c(C(=O)O)s1. The third-order valence-electron chi connectivity index (χ3n) is 2.51. The number of aromatic carboxylic acids is 1. The van der Waals surface area contributed by atoms with E-state index < -0.39 is 5.97 Å². The highest BCUT2D eigenvalue weighted by Gasteiger charge is 2.23. The quantitative estimate of drug-likeness (QED) is 0.811. The number of carboxylic acids is 1. The van der Waals surface area contributed by atoms with Crippen molar-refractivity contribution in [2.45, 2.75) is 32.6 Å². The van der Waals surface area contributed by atoms with Gasteiger partial charge < -0.3 is 10.8 Å². The Morgan fingerprint density at radius 1 is 1.64 bits per heavy atom. The van der Waals surface area contributed by atoms with E-state index in [0.717, 1.165) is 11.3 Å². The van der Waals surface area contributed by atoms with Gasteiger partial charge in [0.15, 0.2) is 0 Å². The van der Waals surface area contributed by atoms with Crippen LogP contribution in [0.1, 0.15) is 41.7 Å². The molecule has 0 bridgehead atoms. The molecule has 3 N–H and O–H groups in total. The summed E-state index contributed by atoms with van der Waals surface area (Å²) in [5.41, 5.74) is 6.00. The molecule has 3 nitrogen and oxygen atoms in total. The monoisotopic (exact) mass is 213 g/mol. The number of rotatable bonds is 3. The average molecular weight is 213 g/mol. The Balaban J connectivity index is 3.15. The first-order chi connectivity index (χ1) is 6.38. The smallest absolute Gasteiger partial charge is 0.348 e. The van der Waals surface area contributed by atoms with Gasteiger partial charge in [-0.05, 0) is 17.9 Å². The molecule has 78 valence electrons. The van der Waals surface area contributed by atoms with Crippen LogP contribution >= 0.6 is 11.3 Å². The number of nitrogens with two attached hydrogens (primary N) is 1. The molecule has 4 heteroatoms. The molecule has 0 spiro atoms. The second-order valence-electron chi connectivity index (χ2n) is 3.94. The van der Waals surface area contributed by atoms with Crippen LogP contribution in [0.2, 0.25) is 0 Å². The Morgan fingerprint density at radius 2 is 2.21 bits per heavy atom. The molecular weight excluding hydrogens is 198 g/mol. The van der Waals surface area contributed by atoms with Gasteiger partial charge in [-0.3, -0.25) is 0 Å². The van der Waals surface area contributed by atoms with Crippen LogP contribution < -0.4 is 5.73 Å². The fourth-order valence-corrected chi connectivity index (χ4v) is 2.17. The average Bonchev–Trinajstić information content (AvgIpc) is 2.48. The lowest BCUT2D eigenvalue weighted by molar-refractivity contribution is 0.0703. The summed E-state index contributed by atoms with van der Waals surface area (Å²) in [6.45, 7) is 6.25. The van der Waals surface area contributed by atoms with Gasteiger partial charge in [-0.25, -0.2) is 4.79 Å². The maximum atomic E-state index is 10.8. The van der Waals surface area contributed by atoms with Gasteiger partial charge in [0, 0.05) is 4.88 Å². The summed E-state index contributed by atoms with van der Waals surface area (Å²) in [5, 5.41) is 8.85. The van der Waals surface area contributed by atoms with Crippen molar-refractivity contribution in [3.63, 3.8) is 0 Å². The molecule has 0 aliphatic carbocycles. The number of thiophene rings is 1. The van der Waals surface area contributed by atoms with Crippen LogP contribution in [0.25, 0.3) is 0 Å². The maximum absolute atomic E-state index is 10.8. The Morgan fingerprint density at radius 3 is 2.57 bits per heavy atom. The van der Waals surface area contributed by atoms with E-state index in [1.165, 1.54) is 11.3 Å². The first-order valence-electron chi connectivity index (χ1n) is 4.51. The van der Waals surface area contributed by atoms with Crippen LogP contribution in [-0.4, -0.2) is 11.1 Å². The molecule has 0 unspecified atom stereocenters. The minimum absolute atomic E-state index is 0.00644. The fraction of sp³-hybridized carbons (Fsp3) is 0.500. The highest BCUT2D eigenvalue weighted by molar-refractivity contribution is 7.14. The van der Waals surface area contributed by atoms with Crippen LogP contribution in [0, 0.1) is 0 Å². The normalized spacial score (nSPS) is 11.6. The molecule has 0 aliphatic heterocycles. The van der Waals surface area contributed by atoms with Crippen LogP contribution in [-0.2, 0) is 5.41 Å². The van der Waals surface area contributed by atoms with Gasteiger partial charge in [-0.2, -0.15) is 0 Å². The molecule has 1 aromatic rings. The van der Waals surface area contributed by atoms with E-state index in [1.807, 2.05) is 0 Å². The number of carbonyl (C=O) groups is 1. The fourth-order valence-electron chi connectivity index (χ4n) is 1.08. The van der Waals surface area contributed by atoms with Crippen molar-refractivity contribution in [3.05, 3.63) is 15.8 Å². The van der Waals surface area contributed by atoms with Gasteiger partial charge in [0.05, 0.1) is 5.69 Å². The Labute approximate surface area is 87.6 Å². The van der Waals surface area contributed by atoms with Crippen molar-refractivity contribution in [2.75, 3.05) is 5.73 Å². The van der Waals surface area contributed by atoms with E-state index in [1.54, 1.807) is 6.07 Å². The molecule has 1 aromatic heterocycles. The van der Waals surface area contributed by atoms with Crippen molar-refractivity contribution in [1.29, 1.82) is 0 Å². The van der Waals surface area contributed by atoms with Gasteiger partial charge >= 0.3 is 5.97 Å². The van der Waals surface area contributed by atoms with Crippen LogP contribution in [0.15, 0.2) is 6.07 Å². The highest BCUT2D eigenvalue weighted by Crippen LogP contribution is 2.36. The minimum atomic E-state index is -0.939. The van der Waals surface area contributed by atoms with Crippen molar-refractivity contribution in [1.82, 2.24) is 0 Å². The van der Waals surface area contributed by atoms with Crippen molar-refractivity contribution >= 4 is 23.0 Å². The number of hydrogen-bond acceptors (Lipinski definition) is 3. The van der Waals surface area contributed by atoms with Crippen LogP contribution in [0.5, 0.6) is 0 Å². The van der Waals surface area contributed by atoms with Crippen molar-refractivity contribution in [2.24, 2.45) is 0 Å². The van der Waals surface area contributed by atoms with Crippen molar-refractivity contribution in [3.8, 4) is 0 Å². The van der Waals surface area contributed by atoms with Crippen LogP contribution in [0.4, 0.5) is 5.69 Å². The Hall–Kier alpha value is -1.03. The standard InChI is InChI=1S/C10H15NO2S/c1-4-10(2,3)7-5-6(11)8(14-7)9(12)13/h5H,4,11H2,1-3H3,(H,12,13). The lowest BCUT2D eigenvalue weighted by atomic mass is 9.88. The number of nitrogen functional groups attached to an aromatic ring is 1. The first-order valence-corrected chi connectivity index (χ1v) is 5.33. The number of hydrogen-bond donors (Lipinski definition) is 2. The number of carboxylic acid groups (broad SMARTS) is 1. The third kappa shape index (κ3) is 1.90. The first kappa shape index (κ1) is 11.0. The molecule has 14 heavy (non-hydrogen) atoms. The van der Waals surface area contributed by atoms with E-state index in [2.05, 4.69) is 20.8 Å². The summed E-state index contributed by atoms with van der Waals surface area (Å²) in [5.74, 6) is -0.939. The minimum Gasteiger partial charge on any atom is -0.477 e. The largest absolute Gasteiger partial charge is 0.477 e. The van der Waals surface area contributed by atoms with E-state index in [0.29, 0.717) is 5.69 Å². The van der Waals surface area contributed by atoms with Gasteiger partial charge in [-0.15, -0.1) is 11.3 Å². The molecule has 1 heterocycles. The van der Waals surface area contributed by atoms with Crippen molar-refractivity contribution < 1.29 is 9.90 Å². The number of anilines is 1. The lowest BCUT2D eigenvalue weighted by Crippen LogP contribution is -2.13. The zero-order valence-electron chi connectivity index (χ0n) is 8.63. The molecule has 0 saturated carbocycles. The second-order valence-corrected chi connectivity index (χ2v) is 4.99. The highest BCUT2D eigenvalue weighted by atomic mass is 32.1. The summed E-state index contributed by atoms with van der Waals surface area (Å²) >= 11 is 1.27. The summed E-state index contributed by atoms with van der Waals surface area (Å²) in [7, 11) is 0. The maximum Gasteiger partial charge on any atom is 0.348 e. The topological polar surface area (TPSA) is 63.3 Å². The van der Waals surface area contributed by atoms with E-state index in [4.69, 9.17) is 10.8 Å². The van der Waals surface area contributed by atoms with Gasteiger partial charge in [0.25, 0.3) is 0 Å². The molecule has 1 rings (SSSR count). The second kappa shape index (κ2) is 3.61. The summed E-state index contributed by atoms with van der Waals surface area (Å²) in [6, 6.07) is 1.78. The predicted octanol–water partition coefficient (Wildman–Crippen LogP) is 2.72. The Bertz CT molecular complexity index is 355. The molecule has 0 aromatic carbocycles. The summed E-state index contributed by atoms with van der Waals surface area (Å²) < 4.78 is 0. The molecule has 0 radical (unpaired) electrons. The lowest BCUT2D eigenvalue weighted by Gasteiger charge is -2.20. The predicted molar refractivity (Wildman–Crippen MR) is 59.0 cm³/mol. The molecule has 0 aliphatic rings. The van der Waals surface area contributed by atoms with Crippen LogP contribution in [0.3, 0.4) is 0 Å². The Kier molecular flexibility index (Phi) is 2.85. The van der Waals surface area contributed by atoms with Gasteiger partial charge in [0.1, 0.15) is 4.88 Å². The molecule has 0 atom stereocenters.